The van der Waals surface area contributed by atoms with Crippen LogP contribution in [0.1, 0.15) is 6.92 Å². The smallest absolute Gasteiger partial charge is 0.319 e. The maximum absolute atomic E-state index is 12.4. The fourth-order valence-corrected chi connectivity index (χ4v) is 3.51. The predicted octanol–water partition coefficient (Wildman–Crippen LogP) is 5.32. The minimum atomic E-state index is -0.320. The summed E-state index contributed by atoms with van der Waals surface area (Å²) in [5, 5.41) is 15.5. The third kappa shape index (κ3) is 4.93. The van der Waals surface area contributed by atoms with Gasteiger partial charge in [0, 0.05) is 23.4 Å². The van der Waals surface area contributed by atoms with Crippen LogP contribution in [0.4, 0.5) is 21.0 Å². The second kappa shape index (κ2) is 9.17. The highest BCUT2D eigenvalue weighted by Crippen LogP contribution is 2.23. The lowest BCUT2D eigenvalue weighted by Gasteiger charge is -2.17. The van der Waals surface area contributed by atoms with E-state index in [0.29, 0.717) is 6.54 Å². The lowest BCUT2D eigenvalue weighted by atomic mass is 10.1. The van der Waals surface area contributed by atoms with Crippen molar-refractivity contribution in [2.24, 2.45) is 0 Å². The van der Waals surface area contributed by atoms with Crippen LogP contribution in [-0.2, 0) is 0 Å². The van der Waals surface area contributed by atoms with Gasteiger partial charge in [-0.15, -0.1) is 0 Å². The van der Waals surface area contributed by atoms with Gasteiger partial charge < -0.3 is 21.3 Å². The number of rotatable bonds is 5. The quantitative estimate of drug-likeness (QED) is 0.358. The molecule has 6 nitrogen and oxygen atoms in total. The molecule has 0 heterocycles. The number of amides is 4. The molecule has 4 aromatic carbocycles. The first kappa shape index (κ1) is 20.2. The molecule has 0 aliphatic heterocycles. The van der Waals surface area contributed by atoms with E-state index in [2.05, 4.69) is 21.3 Å². The van der Waals surface area contributed by atoms with Crippen molar-refractivity contribution < 1.29 is 9.59 Å². The van der Waals surface area contributed by atoms with E-state index in [0.717, 1.165) is 32.9 Å². The summed E-state index contributed by atoms with van der Waals surface area (Å²) in [6, 6.07) is 26.4. The second-order valence-electron chi connectivity index (χ2n) is 7.39. The number of urea groups is 2. The van der Waals surface area contributed by atoms with Gasteiger partial charge in [0.15, 0.2) is 0 Å². The van der Waals surface area contributed by atoms with Gasteiger partial charge in [-0.2, -0.15) is 0 Å². The van der Waals surface area contributed by atoms with Crippen LogP contribution in [0.5, 0.6) is 0 Å². The predicted molar refractivity (Wildman–Crippen MR) is 127 cm³/mol. The van der Waals surface area contributed by atoms with Crippen molar-refractivity contribution in [3.05, 3.63) is 84.9 Å². The molecule has 0 aromatic heterocycles. The molecular formula is C25H24N4O2. The molecule has 0 saturated heterocycles. The number of fused-ring (bicyclic) bond motifs is 2. The Kier molecular flexibility index (Phi) is 5.98. The summed E-state index contributed by atoms with van der Waals surface area (Å²) >= 11 is 0. The van der Waals surface area contributed by atoms with Gasteiger partial charge in [-0.25, -0.2) is 9.59 Å². The Labute approximate surface area is 180 Å². The van der Waals surface area contributed by atoms with Crippen LogP contribution in [0.25, 0.3) is 21.5 Å². The van der Waals surface area contributed by atoms with Crippen molar-refractivity contribution in [3.63, 3.8) is 0 Å². The zero-order valence-corrected chi connectivity index (χ0v) is 17.2. The fraction of sp³-hybridized carbons (Fsp3) is 0.120. The molecule has 6 heteroatoms. The molecule has 4 N–H and O–H groups in total. The zero-order chi connectivity index (χ0) is 21.6. The Morgan fingerprint density at radius 1 is 0.677 bits per heavy atom. The standard InChI is InChI=1S/C25H24N4O2/c1-17(27-25(31)29-23-15-7-11-19-9-3-5-13-21(19)23)16-26-24(30)28-22-14-6-10-18-8-2-4-12-20(18)22/h2-15,17H,16H2,1H3,(H2,26,28,30)(H2,27,29,31)/t17-/m0/s1. The van der Waals surface area contributed by atoms with E-state index in [9.17, 15) is 9.59 Å². The number of hydrogen-bond donors (Lipinski definition) is 4. The normalized spacial score (nSPS) is 11.6. The van der Waals surface area contributed by atoms with Gasteiger partial charge in [0.1, 0.15) is 0 Å². The van der Waals surface area contributed by atoms with Crippen LogP contribution in [0, 0.1) is 0 Å². The van der Waals surface area contributed by atoms with Crippen molar-refractivity contribution in [2.45, 2.75) is 13.0 Å². The van der Waals surface area contributed by atoms with Gasteiger partial charge in [0.05, 0.1) is 11.4 Å². The molecule has 4 rings (SSSR count). The number of anilines is 2. The summed E-state index contributed by atoms with van der Waals surface area (Å²) in [7, 11) is 0. The maximum Gasteiger partial charge on any atom is 0.319 e. The molecular weight excluding hydrogens is 388 g/mol. The van der Waals surface area contributed by atoms with Crippen LogP contribution in [0.2, 0.25) is 0 Å². The molecule has 0 aliphatic carbocycles. The molecule has 0 fully saturated rings. The summed E-state index contributed by atoms with van der Waals surface area (Å²) in [5.41, 5.74) is 1.48. The second-order valence-corrected chi connectivity index (χ2v) is 7.39. The lowest BCUT2D eigenvalue weighted by molar-refractivity contribution is 0.244. The van der Waals surface area contributed by atoms with E-state index >= 15 is 0 Å². The highest BCUT2D eigenvalue weighted by molar-refractivity contribution is 6.02. The first-order valence-electron chi connectivity index (χ1n) is 10.2. The number of nitrogens with one attached hydrogen (secondary N) is 4. The minimum Gasteiger partial charge on any atom is -0.336 e. The van der Waals surface area contributed by atoms with E-state index in [1.165, 1.54) is 0 Å². The molecule has 4 aromatic rings. The molecule has 156 valence electrons. The summed E-state index contributed by atoms with van der Waals surface area (Å²) in [5.74, 6) is 0. The Hall–Kier alpha value is -4.06. The van der Waals surface area contributed by atoms with E-state index in [1.807, 2.05) is 91.9 Å². The number of carbonyl (C=O) groups is 2. The summed E-state index contributed by atoms with van der Waals surface area (Å²) in [6.07, 6.45) is 0. The monoisotopic (exact) mass is 412 g/mol. The fourth-order valence-electron chi connectivity index (χ4n) is 3.51. The first-order chi connectivity index (χ1) is 15.1. The Bertz CT molecular complexity index is 1230. The van der Waals surface area contributed by atoms with E-state index < -0.39 is 0 Å². The summed E-state index contributed by atoms with van der Waals surface area (Å²) < 4.78 is 0. The van der Waals surface area contributed by atoms with E-state index in [1.54, 1.807) is 0 Å². The highest BCUT2D eigenvalue weighted by Gasteiger charge is 2.11. The van der Waals surface area contributed by atoms with Crippen LogP contribution < -0.4 is 21.3 Å². The van der Waals surface area contributed by atoms with Crippen molar-refractivity contribution in [1.82, 2.24) is 10.6 Å². The summed E-state index contributed by atoms with van der Waals surface area (Å²) in [4.78, 5) is 24.7. The van der Waals surface area contributed by atoms with Gasteiger partial charge in [-0.05, 0) is 29.8 Å². The summed E-state index contributed by atoms with van der Waals surface area (Å²) in [6.45, 7) is 2.13. The van der Waals surface area contributed by atoms with Gasteiger partial charge in [-0.3, -0.25) is 0 Å². The van der Waals surface area contributed by atoms with Gasteiger partial charge in [0.2, 0.25) is 0 Å². The average Bonchev–Trinajstić information content (AvgIpc) is 2.78. The SMILES string of the molecule is C[C@@H](CNC(=O)Nc1cccc2ccccc12)NC(=O)Nc1cccc2ccccc12. The van der Waals surface area contributed by atoms with E-state index in [-0.39, 0.29) is 18.1 Å². The molecule has 0 aliphatic rings. The molecule has 0 radical (unpaired) electrons. The van der Waals surface area contributed by atoms with Crippen molar-refractivity contribution in [1.29, 1.82) is 0 Å². The van der Waals surface area contributed by atoms with Crippen LogP contribution >= 0.6 is 0 Å². The Morgan fingerprint density at radius 2 is 1.16 bits per heavy atom. The molecule has 0 unspecified atom stereocenters. The molecule has 4 amide bonds. The van der Waals surface area contributed by atoms with Crippen LogP contribution in [0.15, 0.2) is 84.9 Å². The van der Waals surface area contributed by atoms with E-state index in [4.69, 9.17) is 0 Å². The number of carbonyl (C=O) groups excluding carboxylic acids is 2. The highest BCUT2D eigenvalue weighted by atomic mass is 16.2. The first-order valence-corrected chi connectivity index (χ1v) is 10.2. The number of hydrogen-bond acceptors (Lipinski definition) is 2. The van der Waals surface area contributed by atoms with Gasteiger partial charge >= 0.3 is 12.1 Å². The third-order valence-electron chi connectivity index (χ3n) is 5.02. The topological polar surface area (TPSA) is 82.3 Å². The maximum atomic E-state index is 12.4. The zero-order valence-electron chi connectivity index (χ0n) is 17.2. The molecule has 0 spiro atoms. The third-order valence-corrected chi connectivity index (χ3v) is 5.02. The lowest BCUT2D eigenvalue weighted by Crippen LogP contribution is -2.44. The van der Waals surface area contributed by atoms with Crippen LogP contribution in [-0.4, -0.2) is 24.6 Å². The van der Waals surface area contributed by atoms with Gasteiger partial charge in [-0.1, -0.05) is 72.8 Å². The molecule has 1 atom stereocenters. The minimum absolute atomic E-state index is 0.256. The van der Waals surface area contributed by atoms with Crippen molar-refractivity contribution in [2.75, 3.05) is 17.2 Å². The Balaban J connectivity index is 1.30. The van der Waals surface area contributed by atoms with Gasteiger partial charge in [0.25, 0.3) is 0 Å². The Morgan fingerprint density at radius 3 is 1.74 bits per heavy atom. The largest absolute Gasteiger partial charge is 0.336 e. The van der Waals surface area contributed by atoms with Crippen LogP contribution in [0.3, 0.4) is 0 Å². The van der Waals surface area contributed by atoms with Crippen molar-refractivity contribution >= 4 is 45.0 Å². The van der Waals surface area contributed by atoms with Crippen molar-refractivity contribution in [3.8, 4) is 0 Å². The molecule has 0 saturated carbocycles. The molecule has 31 heavy (non-hydrogen) atoms. The number of benzene rings is 4. The average molecular weight is 412 g/mol. The molecule has 0 bridgehead atoms.